The number of anilines is 1. The highest BCUT2D eigenvalue weighted by Crippen LogP contribution is 2.59. The Morgan fingerprint density at radius 1 is 1.29 bits per heavy atom. The van der Waals surface area contributed by atoms with Crippen molar-refractivity contribution >= 4 is 5.69 Å². The van der Waals surface area contributed by atoms with E-state index in [9.17, 15) is 0 Å². The molecule has 3 heterocycles. The predicted octanol–water partition coefficient (Wildman–Crippen LogP) is 2.93. The van der Waals surface area contributed by atoms with Gasteiger partial charge in [-0.1, -0.05) is 12.1 Å². The molecule has 1 aromatic carbocycles. The summed E-state index contributed by atoms with van der Waals surface area (Å²) in [4.78, 5) is 2.37. The molecule has 17 heavy (non-hydrogen) atoms. The summed E-state index contributed by atoms with van der Waals surface area (Å²) in [7, 11) is 2.19. The second kappa shape index (κ2) is 2.75. The number of benzene rings is 1. The average molecular weight is 227 g/mol. The van der Waals surface area contributed by atoms with E-state index in [0.29, 0.717) is 0 Å². The Morgan fingerprint density at radius 3 is 3.06 bits per heavy atom. The van der Waals surface area contributed by atoms with Crippen LogP contribution in [-0.4, -0.2) is 13.6 Å². The third-order valence-electron chi connectivity index (χ3n) is 4.52. The first-order chi connectivity index (χ1) is 8.15. The SMILES string of the molecule is CN1CCCC23C=CC(C)(O2)c2cccc1c23. The monoisotopic (exact) mass is 227 g/mol. The van der Waals surface area contributed by atoms with Crippen LogP contribution in [0.4, 0.5) is 5.69 Å². The van der Waals surface area contributed by atoms with Gasteiger partial charge in [-0.3, -0.25) is 0 Å². The van der Waals surface area contributed by atoms with Crippen LogP contribution in [0.15, 0.2) is 30.4 Å². The minimum Gasteiger partial charge on any atom is -0.374 e. The van der Waals surface area contributed by atoms with Crippen LogP contribution in [0.5, 0.6) is 0 Å². The van der Waals surface area contributed by atoms with E-state index >= 15 is 0 Å². The maximum atomic E-state index is 6.39. The normalized spacial score (nSPS) is 37.2. The molecule has 3 aliphatic rings. The van der Waals surface area contributed by atoms with E-state index in [1.54, 1.807) is 0 Å². The molecule has 0 saturated heterocycles. The van der Waals surface area contributed by atoms with Crippen LogP contribution >= 0.6 is 0 Å². The fourth-order valence-corrected chi connectivity index (χ4v) is 3.69. The summed E-state index contributed by atoms with van der Waals surface area (Å²) in [6, 6.07) is 6.61. The first-order valence-corrected chi connectivity index (χ1v) is 6.40. The highest BCUT2D eigenvalue weighted by Gasteiger charge is 2.54. The number of fused-ring (bicyclic) bond motifs is 2. The zero-order valence-corrected chi connectivity index (χ0v) is 10.4. The Morgan fingerprint density at radius 2 is 2.18 bits per heavy atom. The molecule has 0 radical (unpaired) electrons. The minimum absolute atomic E-state index is 0.133. The molecule has 2 heteroatoms. The molecule has 0 saturated carbocycles. The number of hydrogen-bond donors (Lipinski definition) is 0. The maximum absolute atomic E-state index is 6.39. The van der Waals surface area contributed by atoms with Gasteiger partial charge in [0.15, 0.2) is 0 Å². The van der Waals surface area contributed by atoms with E-state index in [1.807, 2.05) is 0 Å². The van der Waals surface area contributed by atoms with Crippen molar-refractivity contribution in [2.75, 3.05) is 18.5 Å². The van der Waals surface area contributed by atoms with Gasteiger partial charge in [0.25, 0.3) is 0 Å². The van der Waals surface area contributed by atoms with Crippen molar-refractivity contribution in [3.63, 3.8) is 0 Å². The Bertz CT molecular complexity index is 536. The highest BCUT2D eigenvalue weighted by atomic mass is 16.5. The van der Waals surface area contributed by atoms with Crippen molar-refractivity contribution in [3.8, 4) is 0 Å². The van der Waals surface area contributed by atoms with Crippen LogP contribution in [0.3, 0.4) is 0 Å². The van der Waals surface area contributed by atoms with Crippen LogP contribution in [0.1, 0.15) is 30.9 Å². The summed E-state index contributed by atoms with van der Waals surface area (Å²) in [5.74, 6) is 0. The Hall–Kier alpha value is -1.28. The summed E-state index contributed by atoms with van der Waals surface area (Å²) in [5.41, 5.74) is 3.82. The van der Waals surface area contributed by atoms with Crippen LogP contribution in [0, 0.1) is 0 Å². The molecule has 1 spiro atoms. The lowest BCUT2D eigenvalue weighted by molar-refractivity contribution is -0.0644. The van der Waals surface area contributed by atoms with E-state index in [4.69, 9.17) is 4.74 Å². The fourth-order valence-electron chi connectivity index (χ4n) is 3.69. The Labute approximate surface area is 102 Å². The third-order valence-corrected chi connectivity index (χ3v) is 4.52. The molecule has 2 atom stereocenters. The molecule has 4 rings (SSSR count). The lowest BCUT2D eigenvalue weighted by Gasteiger charge is -2.25. The van der Waals surface area contributed by atoms with Crippen molar-refractivity contribution in [2.45, 2.75) is 31.0 Å². The fraction of sp³-hybridized carbons (Fsp3) is 0.467. The van der Waals surface area contributed by atoms with Crippen LogP contribution < -0.4 is 4.90 Å². The number of hydrogen-bond acceptors (Lipinski definition) is 2. The minimum atomic E-state index is -0.191. The van der Waals surface area contributed by atoms with E-state index in [0.717, 1.165) is 13.0 Å². The van der Waals surface area contributed by atoms with E-state index in [1.165, 1.54) is 23.2 Å². The molecule has 3 aliphatic heterocycles. The zero-order valence-electron chi connectivity index (χ0n) is 10.4. The summed E-state index contributed by atoms with van der Waals surface area (Å²) in [6.45, 7) is 3.30. The summed E-state index contributed by atoms with van der Waals surface area (Å²) < 4.78 is 6.39. The first kappa shape index (κ1) is 9.72. The molecule has 2 unspecified atom stereocenters. The molecule has 0 amide bonds. The van der Waals surface area contributed by atoms with Crippen LogP contribution in [-0.2, 0) is 15.9 Å². The lowest BCUT2D eigenvalue weighted by Crippen LogP contribution is -2.21. The second-order valence-electron chi connectivity index (χ2n) is 5.66. The van der Waals surface area contributed by atoms with Gasteiger partial charge in [0.1, 0.15) is 11.2 Å². The Kier molecular flexibility index (Phi) is 1.57. The van der Waals surface area contributed by atoms with Gasteiger partial charge in [0, 0.05) is 24.8 Å². The van der Waals surface area contributed by atoms with Crippen LogP contribution in [0.2, 0.25) is 0 Å². The van der Waals surface area contributed by atoms with Crippen molar-refractivity contribution in [2.24, 2.45) is 0 Å². The largest absolute Gasteiger partial charge is 0.374 e. The van der Waals surface area contributed by atoms with Gasteiger partial charge < -0.3 is 9.64 Å². The standard InChI is InChI=1S/C15H17NO/c1-14-8-9-15(17-14)7-4-10-16(2)12-6-3-5-11(14)13(12)15/h3,5-6,8-9H,4,7,10H2,1-2H3. The molecule has 0 aliphatic carbocycles. The number of ether oxygens (including phenoxy) is 1. The van der Waals surface area contributed by atoms with Crippen molar-refractivity contribution < 1.29 is 4.74 Å². The zero-order chi connectivity index (χ0) is 11.7. The van der Waals surface area contributed by atoms with Crippen molar-refractivity contribution in [3.05, 3.63) is 41.5 Å². The van der Waals surface area contributed by atoms with Gasteiger partial charge in [0.2, 0.25) is 0 Å². The molecule has 2 nitrogen and oxygen atoms in total. The molecule has 0 fully saturated rings. The smallest absolute Gasteiger partial charge is 0.115 e. The highest BCUT2D eigenvalue weighted by molar-refractivity contribution is 5.66. The molecular formula is C15H17NO. The molecule has 2 bridgehead atoms. The van der Waals surface area contributed by atoms with Gasteiger partial charge in [-0.05, 0) is 43.5 Å². The average Bonchev–Trinajstić information content (AvgIpc) is 2.73. The van der Waals surface area contributed by atoms with Gasteiger partial charge in [-0.25, -0.2) is 0 Å². The second-order valence-corrected chi connectivity index (χ2v) is 5.66. The summed E-state index contributed by atoms with van der Waals surface area (Å²) >= 11 is 0. The van der Waals surface area contributed by atoms with Gasteiger partial charge in [0.05, 0.1) is 0 Å². The maximum Gasteiger partial charge on any atom is 0.115 e. The van der Waals surface area contributed by atoms with Gasteiger partial charge >= 0.3 is 0 Å². The topological polar surface area (TPSA) is 12.5 Å². The molecular weight excluding hydrogens is 210 g/mol. The Balaban J connectivity index is 2.07. The van der Waals surface area contributed by atoms with Crippen molar-refractivity contribution in [1.29, 1.82) is 0 Å². The van der Waals surface area contributed by atoms with Gasteiger partial charge in [-0.15, -0.1) is 0 Å². The quantitative estimate of drug-likeness (QED) is 0.632. The molecule has 88 valence electrons. The first-order valence-electron chi connectivity index (χ1n) is 6.40. The van der Waals surface area contributed by atoms with E-state index < -0.39 is 0 Å². The summed E-state index contributed by atoms with van der Waals surface area (Å²) in [5, 5.41) is 0. The van der Waals surface area contributed by atoms with E-state index in [-0.39, 0.29) is 11.2 Å². The molecule has 1 aromatic rings. The summed E-state index contributed by atoms with van der Waals surface area (Å²) in [6.07, 6.45) is 6.82. The predicted molar refractivity (Wildman–Crippen MR) is 68.2 cm³/mol. The lowest BCUT2D eigenvalue weighted by atomic mass is 9.80. The number of nitrogens with zero attached hydrogens (tertiary/aromatic N) is 1. The number of rotatable bonds is 0. The molecule has 0 N–H and O–H groups in total. The van der Waals surface area contributed by atoms with E-state index in [2.05, 4.69) is 49.2 Å². The van der Waals surface area contributed by atoms with Gasteiger partial charge in [-0.2, -0.15) is 0 Å². The van der Waals surface area contributed by atoms with Crippen LogP contribution in [0.25, 0.3) is 0 Å². The third kappa shape index (κ3) is 1.00. The molecule has 0 aromatic heterocycles. The van der Waals surface area contributed by atoms with Crippen molar-refractivity contribution in [1.82, 2.24) is 0 Å².